The third-order valence-electron chi connectivity index (χ3n) is 11.4. The number of aliphatic hydroxyl groups excluding tert-OH is 14. The molecule has 4 unspecified atom stereocenters. The van der Waals surface area contributed by atoms with Crippen molar-refractivity contribution in [2.75, 3.05) is 39.6 Å². The van der Waals surface area contributed by atoms with Gasteiger partial charge in [0.05, 0.1) is 50.8 Å². The van der Waals surface area contributed by atoms with Crippen LogP contribution in [0.2, 0.25) is 0 Å². The van der Waals surface area contributed by atoms with Crippen molar-refractivity contribution in [3.63, 3.8) is 0 Å². The van der Waals surface area contributed by atoms with Gasteiger partial charge in [-0.25, -0.2) is 9.59 Å². The summed E-state index contributed by atoms with van der Waals surface area (Å²) in [6, 6.07) is 0. The lowest BCUT2D eigenvalue weighted by atomic mass is 9.95. The van der Waals surface area contributed by atoms with E-state index in [1.807, 2.05) is 0 Å². The molecule has 372 valence electrons. The monoisotopic (exact) mass is 956 g/mol. The Bertz CT molecular complexity index is 1750. The van der Waals surface area contributed by atoms with Gasteiger partial charge in [0, 0.05) is 0 Å². The second-order valence-electron chi connectivity index (χ2n) is 15.4. The number of amides is 2. The molecule has 6 rings (SSSR count). The number of hydrazone groups is 2. The zero-order chi connectivity index (χ0) is 48.6. The number of carbonyl (C=O) groups excluding carboxylic acids is 4. The van der Waals surface area contributed by atoms with Gasteiger partial charge >= 0.3 is 11.9 Å². The first-order valence-corrected chi connectivity index (χ1v) is 20.4. The fourth-order valence-corrected chi connectivity index (χ4v) is 7.86. The third-order valence-corrected chi connectivity index (χ3v) is 11.4. The number of ether oxygens (including phenoxy) is 8. The Hall–Kier alpha value is -3.84. The van der Waals surface area contributed by atoms with E-state index in [1.54, 1.807) is 0 Å². The molecule has 0 spiro atoms. The van der Waals surface area contributed by atoms with Gasteiger partial charge < -0.3 is 109 Å². The first-order chi connectivity index (χ1) is 31.3. The molecule has 0 aromatic rings. The van der Waals surface area contributed by atoms with E-state index in [9.17, 15) is 90.7 Å². The number of hydrogen-bond acceptors (Lipinski definition) is 28. The summed E-state index contributed by atoms with van der Waals surface area (Å²) in [5.74, 6) is -5.88. The van der Waals surface area contributed by atoms with Gasteiger partial charge in [0.2, 0.25) is 0 Å². The highest BCUT2D eigenvalue weighted by atomic mass is 16.7. The molecule has 6 aliphatic rings. The van der Waals surface area contributed by atoms with Gasteiger partial charge in [-0.3, -0.25) is 9.59 Å². The average Bonchev–Trinajstić information content (AvgIpc) is 3.82. The van der Waals surface area contributed by atoms with Gasteiger partial charge in [0.1, 0.15) is 97.7 Å². The quantitative estimate of drug-likeness (QED) is 0.0568. The van der Waals surface area contributed by atoms with Gasteiger partial charge in [-0.15, -0.1) is 0 Å². The van der Waals surface area contributed by atoms with E-state index in [2.05, 4.69) is 10.2 Å². The molecule has 0 radical (unpaired) electrons. The van der Waals surface area contributed by atoms with Gasteiger partial charge in [-0.1, -0.05) is 0 Å². The van der Waals surface area contributed by atoms with Crippen molar-refractivity contribution in [1.82, 2.24) is 10.0 Å². The van der Waals surface area contributed by atoms with Crippen molar-refractivity contribution < 1.29 is 129 Å². The Morgan fingerprint density at radius 2 is 0.818 bits per heavy atom. The molecule has 4 saturated heterocycles. The lowest BCUT2D eigenvalue weighted by molar-refractivity contribution is -0.347. The molecular formula is C36H52N4O26. The maximum atomic E-state index is 14.5. The fraction of sp³-hybridized carbons (Fsp3) is 0.778. The molecule has 30 heteroatoms. The van der Waals surface area contributed by atoms with E-state index in [0.29, 0.717) is 0 Å². The number of rotatable bonds is 14. The summed E-state index contributed by atoms with van der Waals surface area (Å²) < 4.78 is 43.2. The summed E-state index contributed by atoms with van der Waals surface area (Å²) in [4.78, 5) is 55.9. The van der Waals surface area contributed by atoms with Crippen LogP contribution in [0.15, 0.2) is 21.3 Å². The van der Waals surface area contributed by atoms with Crippen molar-refractivity contribution >= 4 is 35.2 Å². The molecule has 2 amide bonds. The topological polar surface area (TPSA) is 457 Å². The van der Waals surface area contributed by atoms with E-state index in [4.69, 9.17) is 37.9 Å². The van der Waals surface area contributed by atoms with E-state index in [-0.39, 0.29) is 23.2 Å². The summed E-state index contributed by atoms with van der Waals surface area (Å²) in [5, 5.41) is 155. The van der Waals surface area contributed by atoms with Crippen molar-refractivity contribution in [3.8, 4) is 0 Å². The van der Waals surface area contributed by atoms with Gasteiger partial charge in [-0.2, -0.15) is 20.2 Å². The molecule has 0 aromatic carbocycles. The summed E-state index contributed by atoms with van der Waals surface area (Å²) in [6.07, 6.45) is -39.0. The van der Waals surface area contributed by atoms with Crippen molar-refractivity contribution in [2.24, 2.45) is 10.2 Å². The Balaban J connectivity index is 1.31. The SMILES string of the molecule is CCOC(=O)C1=NN(C2O[C@H](CO)[C@@H](OC3O[C@H](CO)[C@H](O)[C@H](O)[C@H]3O)[C@H](O)[C@H]2O)C(=O)/C1=C1/C(=O)N(C2O[C@H](CO)[C@@H](OC3O[C@H](CO)[C@H](O)[C@H](O)[C@H]3O)[C@H](O)[C@H]2O)N=C1C(=O)OCC. The number of hydrogen-bond donors (Lipinski definition) is 14. The lowest BCUT2D eigenvalue weighted by Gasteiger charge is -2.46. The first kappa shape index (κ1) is 51.5. The highest BCUT2D eigenvalue weighted by molar-refractivity contribution is 6.59. The second-order valence-corrected chi connectivity index (χ2v) is 15.4. The van der Waals surface area contributed by atoms with Crippen LogP contribution in [0.1, 0.15) is 13.8 Å². The lowest BCUT2D eigenvalue weighted by Crippen LogP contribution is -2.66. The van der Waals surface area contributed by atoms with Gasteiger partial charge in [0.15, 0.2) is 36.5 Å². The Kier molecular flexibility index (Phi) is 16.6. The molecule has 0 bridgehead atoms. The van der Waals surface area contributed by atoms with Crippen molar-refractivity contribution in [1.29, 1.82) is 0 Å². The van der Waals surface area contributed by atoms with Crippen LogP contribution in [-0.2, 0) is 57.1 Å². The Morgan fingerprint density at radius 3 is 1.12 bits per heavy atom. The third kappa shape index (κ3) is 9.34. The van der Waals surface area contributed by atoms with Crippen molar-refractivity contribution in [3.05, 3.63) is 11.1 Å². The molecule has 0 saturated carbocycles. The summed E-state index contributed by atoms with van der Waals surface area (Å²) in [6.45, 7) is -1.93. The van der Waals surface area contributed by atoms with Crippen LogP contribution in [0, 0.1) is 0 Å². The standard InChI is InChI=1S/C36H52N4O26/c1-3-59-33(57)15-13(29(55)39(37-15)31-23(51)21(49)27(11(7-43)61-31)65-35-25(53)19(47)17(45)9(5-41)63-35)14-16(34(58)60-4-2)38-40(30(14)56)32-24(52)22(50)28(12(8-44)62-32)66-36-26(54)20(48)18(46)10(6-42)64-36/h9-12,17-28,31-32,35-36,41-54H,3-8H2,1-2H3/b14-13+/t9-,10-,11-,12-,17+,18+,19+,20+,21-,22-,23-,24-,25-,26-,27-,28-,31?,32?,35?,36?/m1/s1. The normalized spacial score (nSPS) is 43.2. The molecule has 6 heterocycles. The Labute approximate surface area is 371 Å². The minimum absolute atomic E-state index is 0.242. The van der Waals surface area contributed by atoms with E-state index in [1.165, 1.54) is 13.8 Å². The first-order valence-electron chi connectivity index (χ1n) is 20.4. The van der Waals surface area contributed by atoms with E-state index >= 15 is 0 Å². The molecule has 0 aromatic heterocycles. The van der Waals surface area contributed by atoms with Crippen LogP contribution < -0.4 is 0 Å². The number of carbonyl (C=O) groups is 4. The predicted molar refractivity (Wildman–Crippen MR) is 202 cm³/mol. The largest absolute Gasteiger partial charge is 0.461 e. The number of esters is 2. The van der Waals surface area contributed by atoms with Crippen LogP contribution >= 0.6 is 0 Å². The molecule has 6 aliphatic heterocycles. The highest BCUT2D eigenvalue weighted by Gasteiger charge is 2.58. The van der Waals surface area contributed by atoms with Crippen LogP contribution in [0.5, 0.6) is 0 Å². The zero-order valence-corrected chi connectivity index (χ0v) is 34.7. The van der Waals surface area contributed by atoms with E-state index < -0.39 is 195 Å². The van der Waals surface area contributed by atoms with Gasteiger partial charge in [-0.05, 0) is 13.8 Å². The molecule has 66 heavy (non-hydrogen) atoms. The molecule has 0 aliphatic carbocycles. The molecule has 30 nitrogen and oxygen atoms in total. The fourth-order valence-electron chi connectivity index (χ4n) is 7.86. The molecular weight excluding hydrogens is 904 g/mol. The smallest absolute Gasteiger partial charge is 0.359 e. The maximum absolute atomic E-state index is 14.5. The molecule has 4 fully saturated rings. The van der Waals surface area contributed by atoms with Crippen LogP contribution in [0.25, 0.3) is 0 Å². The van der Waals surface area contributed by atoms with Crippen LogP contribution in [0.3, 0.4) is 0 Å². The molecule has 20 atom stereocenters. The zero-order valence-electron chi connectivity index (χ0n) is 34.7. The summed E-state index contributed by atoms with van der Waals surface area (Å²) >= 11 is 0. The van der Waals surface area contributed by atoms with E-state index in [0.717, 1.165) is 0 Å². The Morgan fingerprint density at radius 1 is 0.485 bits per heavy atom. The summed E-state index contributed by atoms with van der Waals surface area (Å²) in [7, 11) is 0. The van der Waals surface area contributed by atoms with Crippen LogP contribution in [0.4, 0.5) is 0 Å². The van der Waals surface area contributed by atoms with Crippen LogP contribution in [-0.4, -0.2) is 279 Å². The number of nitrogens with zero attached hydrogens (tertiary/aromatic N) is 4. The average molecular weight is 957 g/mol. The highest BCUT2D eigenvalue weighted by Crippen LogP contribution is 2.37. The minimum atomic E-state index is -2.31. The van der Waals surface area contributed by atoms with Gasteiger partial charge in [0.25, 0.3) is 11.8 Å². The maximum Gasteiger partial charge on any atom is 0.359 e. The number of aliphatic hydroxyl groups is 14. The van der Waals surface area contributed by atoms with Crippen molar-refractivity contribution in [2.45, 2.75) is 137 Å². The molecule has 14 N–H and O–H groups in total. The second kappa shape index (κ2) is 21.2. The summed E-state index contributed by atoms with van der Waals surface area (Å²) in [5.41, 5.74) is -4.18. The minimum Gasteiger partial charge on any atom is -0.461 e. The predicted octanol–water partition coefficient (Wildman–Crippen LogP) is -10.9.